The van der Waals surface area contributed by atoms with E-state index in [1.807, 2.05) is 0 Å². The van der Waals surface area contributed by atoms with Gasteiger partial charge in [0.2, 0.25) is 15.9 Å². The molecule has 1 amide bonds. The summed E-state index contributed by atoms with van der Waals surface area (Å²) in [7, 11) is -3.64. The molecule has 0 aliphatic carbocycles. The number of rotatable bonds is 5. The molecule has 1 fully saturated rings. The quantitative estimate of drug-likeness (QED) is 0.721. The molecule has 19 heavy (non-hydrogen) atoms. The lowest BCUT2D eigenvalue weighted by molar-refractivity contribution is -0.121. The van der Waals surface area contributed by atoms with Gasteiger partial charge in [0.25, 0.3) is 0 Å². The first-order chi connectivity index (χ1) is 8.95. The Hall–Kier alpha value is -0.960. The molecule has 1 saturated heterocycles. The first-order valence-electron chi connectivity index (χ1n) is 6.07. The van der Waals surface area contributed by atoms with Crippen molar-refractivity contribution in [2.45, 2.75) is 36.1 Å². The molecule has 0 bridgehead atoms. The Bertz CT molecular complexity index is 547. The Morgan fingerprint density at radius 3 is 2.89 bits per heavy atom. The average molecular weight is 303 g/mol. The van der Waals surface area contributed by atoms with E-state index in [-0.39, 0.29) is 16.2 Å². The monoisotopic (exact) mass is 303 g/mol. The van der Waals surface area contributed by atoms with Crippen LogP contribution >= 0.6 is 11.3 Å². The standard InChI is InChI=1S/C11H17N3O3S2/c12-19(16,17)11-4-3-9(18-11)7-14-10(15)6-8-2-1-5-13-8/h3-4,8,13H,1-2,5-7H2,(H,14,15)(H2,12,16,17). The van der Waals surface area contributed by atoms with E-state index in [0.717, 1.165) is 35.6 Å². The summed E-state index contributed by atoms with van der Waals surface area (Å²) in [5.74, 6) is -0.0232. The molecular weight excluding hydrogens is 286 g/mol. The van der Waals surface area contributed by atoms with E-state index in [9.17, 15) is 13.2 Å². The van der Waals surface area contributed by atoms with Crippen molar-refractivity contribution >= 4 is 27.3 Å². The van der Waals surface area contributed by atoms with Crippen LogP contribution in [-0.4, -0.2) is 26.9 Å². The van der Waals surface area contributed by atoms with Gasteiger partial charge in [0.1, 0.15) is 4.21 Å². The Morgan fingerprint density at radius 1 is 1.53 bits per heavy atom. The molecule has 1 atom stereocenters. The lowest BCUT2D eigenvalue weighted by Crippen LogP contribution is -2.31. The number of amides is 1. The van der Waals surface area contributed by atoms with E-state index in [4.69, 9.17) is 5.14 Å². The lowest BCUT2D eigenvalue weighted by atomic mass is 10.1. The maximum Gasteiger partial charge on any atom is 0.247 e. The summed E-state index contributed by atoms with van der Waals surface area (Å²) in [4.78, 5) is 12.5. The number of carbonyl (C=O) groups excluding carboxylic acids is 1. The fourth-order valence-corrected chi connectivity index (χ4v) is 3.74. The van der Waals surface area contributed by atoms with Crippen LogP contribution in [0.4, 0.5) is 0 Å². The van der Waals surface area contributed by atoms with Crippen molar-refractivity contribution in [1.29, 1.82) is 0 Å². The minimum atomic E-state index is -3.64. The van der Waals surface area contributed by atoms with Gasteiger partial charge in [-0.3, -0.25) is 4.79 Å². The molecule has 2 rings (SSSR count). The zero-order chi connectivity index (χ0) is 13.9. The number of hydrogen-bond donors (Lipinski definition) is 3. The van der Waals surface area contributed by atoms with Gasteiger partial charge in [-0.1, -0.05) is 0 Å². The molecule has 1 aromatic heterocycles. The van der Waals surface area contributed by atoms with Crippen molar-refractivity contribution < 1.29 is 13.2 Å². The molecular formula is C11H17N3O3S2. The van der Waals surface area contributed by atoms with E-state index < -0.39 is 10.0 Å². The Morgan fingerprint density at radius 2 is 2.32 bits per heavy atom. The van der Waals surface area contributed by atoms with Gasteiger partial charge in [0, 0.05) is 17.3 Å². The number of nitrogens with one attached hydrogen (secondary N) is 2. The molecule has 1 aliphatic rings. The van der Waals surface area contributed by atoms with Gasteiger partial charge in [-0.2, -0.15) is 0 Å². The largest absolute Gasteiger partial charge is 0.351 e. The van der Waals surface area contributed by atoms with Crippen molar-refractivity contribution in [3.8, 4) is 0 Å². The van der Waals surface area contributed by atoms with Crippen molar-refractivity contribution in [1.82, 2.24) is 10.6 Å². The third-order valence-corrected chi connectivity index (χ3v) is 5.50. The van der Waals surface area contributed by atoms with Crippen LogP contribution in [0, 0.1) is 0 Å². The summed E-state index contributed by atoms with van der Waals surface area (Å²) in [6.45, 7) is 1.31. The first kappa shape index (κ1) is 14.4. The Balaban J connectivity index is 1.81. The van der Waals surface area contributed by atoms with Gasteiger partial charge in [-0.15, -0.1) is 11.3 Å². The van der Waals surface area contributed by atoms with Crippen LogP contribution in [0.2, 0.25) is 0 Å². The molecule has 1 aromatic rings. The highest BCUT2D eigenvalue weighted by Gasteiger charge is 2.17. The zero-order valence-electron chi connectivity index (χ0n) is 10.4. The number of hydrogen-bond acceptors (Lipinski definition) is 5. The maximum atomic E-state index is 11.7. The molecule has 4 N–H and O–H groups in total. The molecule has 0 saturated carbocycles. The summed E-state index contributed by atoms with van der Waals surface area (Å²) >= 11 is 1.08. The Kier molecular flexibility index (Phi) is 4.56. The summed E-state index contributed by atoms with van der Waals surface area (Å²) in [6.07, 6.45) is 2.61. The van der Waals surface area contributed by atoms with E-state index >= 15 is 0 Å². The normalized spacial score (nSPS) is 19.5. The van der Waals surface area contributed by atoms with Crippen LogP contribution in [0.1, 0.15) is 24.1 Å². The number of carbonyl (C=O) groups is 1. The second kappa shape index (κ2) is 6.00. The van der Waals surface area contributed by atoms with Crippen LogP contribution in [-0.2, 0) is 21.4 Å². The lowest BCUT2D eigenvalue weighted by Gasteiger charge is -2.09. The number of thiophene rings is 1. The van der Waals surface area contributed by atoms with Crippen molar-refractivity contribution in [2.24, 2.45) is 5.14 Å². The van der Waals surface area contributed by atoms with E-state index in [1.54, 1.807) is 6.07 Å². The highest BCUT2D eigenvalue weighted by Crippen LogP contribution is 2.20. The molecule has 2 heterocycles. The second-order valence-electron chi connectivity index (χ2n) is 4.54. The number of nitrogens with two attached hydrogens (primary N) is 1. The molecule has 0 spiro atoms. The minimum absolute atomic E-state index is 0.0232. The zero-order valence-corrected chi connectivity index (χ0v) is 12.0. The maximum absolute atomic E-state index is 11.7. The summed E-state index contributed by atoms with van der Waals surface area (Å²) in [6, 6.07) is 3.39. The molecule has 0 radical (unpaired) electrons. The molecule has 6 nitrogen and oxygen atoms in total. The van der Waals surface area contributed by atoms with Crippen LogP contribution in [0.25, 0.3) is 0 Å². The van der Waals surface area contributed by atoms with Gasteiger partial charge >= 0.3 is 0 Å². The summed E-state index contributed by atoms with van der Waals surface area (Å²) < 4.78 is 22.3. The molecule has 1 unspecified atom stereocenters. The fraction of sp³-hybridized carbons (Fsp3) is 0.545. The molecule has 106 valence electrons. The third kappa shape index (κ3) is 4.27. The topological polar surface area (TPSA) is 101 Å². The van der Waals surface area contributed by atoms with Gasteiger partial charge in [0.05, 0.1) is 6.54 Å². The SMILES string of the molecule is NS(=O)(=O)c1ccc(CNC(=O)CC2CCCN2)s1. The van der Waals surface area contributed by atoms with Crippen LogP contribution < -0.4 is 15.8 Å². The van der Waals surface area contributed by atoms with Crippen LogP contribution in [0.3, 0.4) is 0 Å². The summed E-state index contributed by atoms with van der Waals surface area (Å²) in [5, 5.41) is 11.1. The van der Waals surface area contributed by atoms with Crippen LogP contribution in [0.15, 0.2) is 16.3 Å². The third-order valence-electron chi connectivity index (χ3n) is 2.97. The van der Waals surface area contributed by atoms with Gasteiger partial charge in [-0.05, 0) is 31.5 Å². The minimum Gasteiger partial charge on any atom is -0.351 e. The second-order valence-corrected chi connectivity index (χ2v) is 7.50. The summed E-state index contributed by atoms with van der Waals surface area (Å²) in [5.41, 5.74) is 0. The van der Waals surface area contributed by atoms with E-state index in [0.29, 0.717) is 13.0 Å². The Labute approximate surface area is 116 Å². The predicted octanol–water partition coefficient (Wildman–Crippen LogP) is 0.154. The van der Waals surface area contributed by atoms with E-state index in [2.05, 4.69) is 10.6 Å². The van der Waals surface area contributed by atoms with Crippen molar-refractivity contribution in [3.05, 3.63) is 17.0 Å². The smallest absolute Gasteiger partial charge is 0.247 e. The predicted molar refractivity (Wildman–Crippen MR) is 73.2 cm³/mol. The number of primary sulfonamides is 1. The molecule has 1 aliphatic heterocycles. The van der Waals surface area contributed by atoms with Gasteiger partial charge < -0.3 is 10.6 Å². The first-order valence-corrected chi connectivity index (χ1v) is 8.43. The van der Waals surface area contributed by atoms with Crippen LogP contribution in [0.5, 0.6) is 0 Å². The van der Waals surface area contributed by atoms with Gasteiger partial charge in [-0.25, -0.2) is 13.6 Å². The molecule has 8 heteroatoms. The highest BCUT2D eigenvalue weighted by molar-refractivity contribution is 7.91. The van der Waals surface area contributed by atoms with Crippen molar-refractivity contribution in [2.75, 3.05) is 6.54 Å². The number of sulfonamides is 1. The van der Waals surface area contributed by atoms with Gasteiger partial charge in [0.15, 0.2) is 0 Å². The fourth-order valence-electron chi connectivity index (χ4n) is 2.02. The molecule has 0 aromatic carbocycles. The van der Waals surface area contributed by atoms with Crippen molar-refractivity contribution in [3.63, 3.8) is 0 Å². The average Bonchev–Trinajstić information content (AvgIpc) is 2.95. The highest BCUT2D eigenvalue weighted by atomic mass is 32.2. The van der Waals surface area contributed by atoms with E-state index in [1.165, 1.54) is 6.07 Å².